The number of aromatic nitrogens is 2. The van der Waals surface area contributed by atoms with Crippen molar-refractivity contribution in [2.75, 3.05) is 31.6 Å². The van der Waals surface area contributed by atoms with Crippen LogP contribution in [0, 0.1) is 0 Å². The molecular formula is C22H29N5O4S. The Labute approximate surface area is 193 Å². The molecule has 0 aliphatic rings. The molecule has 0 amide bonds. The second-order valence-electron chi connectivity index (χ2n) is 6.86. The summed E-state index contributed by atoms with van der Waals surface area (Å²) in [6, 6.07) is 10.1. The summed E-state index contributed by atoms with van der Waals surface area (Å²) in [5, 5.41) is 18.1. The van der Waals surface area contributed by atoms with Crippen molar-refractivity contribution in [2.24, 2.45) is 0 Å². The molecule has 0 atom stereocenters. The summed E-state index contributed by atoms with van der Waals surface area (Å²) >= 11 is 5.10. The fourth-order valence-corrected chi connectivity index (χ4v) is 2.98. The highest BCUT2D eigenvalue weighted by molar-refractivity contribution is 7.80. The predicted molar refractivity (Wildman–Crippen MR) is 126 cm³/mol. The number of esters is 1. The monoisotopic (exact) mass is 459 g/mol. The van der Waals surface area contributed by atoms with Gasteiger partial charge in [-0.15, -0.1) is 0 Å². The molecule has 32 heavy (non-hydrogen) atoms. The van der Waals surface area contributed by atoms with Crippen molar-refractivity contribution in [1.82, 2.24) is 20.6 Å². The molecule has 0 saturated carbocycles. The van der Waals surface area contributed by atoms with Crippen LogP contribution in [0.1, 0.15) is 41.5 Å². The molecule has 172 valence electrons. The topological polar surface area (TPSA) is 125 Å². The molecule has 0 bridgehead atoms. The van der Waals surface area contributed by atoms with E-state index in [1.165, 1.54) is 11.8 Å². The van der Waals surface area contributed by atoms with Gasteiger partial charge in [0.05, 0.1) is 13.0 Å². The van der Waals surface area contributed by atoms with Crippen LogP contribution in [-0.4, -0.2) is 58.4 Å². The van der Waals surface area contributed by atoms with Gasteiger partial charge in [-0.2, -0.15) is 0 Å². The first-order valence-corrected chi connectivity index (χ1v) is 10.9. The Balaban J connectivity index is 1.88. The van der Waals surface area contributed by atoms with Gasteiger partial charge in [0, 0.05) is 32.3 Å². The first kappa shape index (κ1) is 25.0. The highest BCUT2D eigenvalue weighted by Crippen LogP contribution is 2.15. The first-order chi connectivity index (χ1) is 15.5. The fourth-order valence-electron chi connectivity index (χ4n) is 2.78. The van der Waals surface area contributed by atoms with Gasteiger partial charge in [0.1, 0.15) is 17.2 Å². The number of aryl methyl sites for hydroxylation is 2. The van der Waals surface area contributed by atoms with Crippen LogP contribution in [0.5, 0.6) is 0 Å². The van der Waals surface area contributed by atoms with Gasteiger partial charge < -0.3 is 25.8 Å². The number of hydrogen-bond donors (Lipinski definition) is 4. The number of carbonyl (C=O) groups is 2. The van der Waals surface area contributed by atoms with Crippen molar-refractivity contribution in [1.29, 1.82) is 0 Å². The van der Waals surface area contributed by atoms with E-state index in [0.29, 0.717) is 48.2 Å². The highest BCUT2D eigenvalue weighted by atomic mass is 32.1. The van der Waals surface area contributed by atoms with Crippen molar-refractivity contribution in [2.45, 2.75) is 32.6 Å². The summed E-state index contributed by atoms with van der Waals surface area (Å²) < 4.78 is 5.11. The van der Waals surface area contributed by atoms with Crippen LogP contribution >= 0.6 is 12.2 Å². The van der Waals surface area contributed by atoms with Gasteiger partial charge in [-0.3, -0.25) is 4.79 Å². The van der Waals surface area contributed by atoms with Crippen molar-refractivity contribution in [3.63, 3.8) is 0 Å². The Morgan fingerprint density at radius 1 is 1.09 bits per heavy atom. The van der Waals surface area contributed by atoms with Gasteiger partial charge in [-0.05, 0) is 37.5 Å². The zero-order valence-corrected chi connectivity index (χ0v) is 18.9. The molecule has 0 saturated heterocycles. The molecular weight excluding hydrogens is 430 g/mol. The maximum Gasteiger partial charge on any atom is 0.343 e. The Bertz CT molecular complexity index is 895. The number of carboxylic acid groups (broad SMARTS) is 1. The second-order valence-corrected chi connectivity index (χ2v) is 7.27. The minimum Gasteiger partial charge on any atom is -0.481 e. The molecule has 4 N–H and O–H groups in total. The molecule has 1 heterocycles. The second kappa shape index (κ2) is 13.9. The zero-order chi connectivity index (χ0) is 23.2. The summed E-state index contributed by atoms with van der Waals surface area (Å²) in [5.41, 5.74) is 1.49. The number of carbonyl (C=O) groups excluding carboxylic acids is 1. The maximum atomic E-state index is 12.3. The van der Waals surface area contributed by atoms with Crippen LogP contribution in [0.3, 0.4) is 0 Å². The average Bonchev–Trinajstić information content (AvgIpc) is 2.78. The quantitative estimate of drug-likeness (QED) is 0.201. The third-order valence-corrected chi connectivity index (χ3v) is 4.66. The van der Waals surface area contributed by atoms with E-state index in [1.807, 2.05) is 18.2 Å². The number of hydrogen-bond acceptors (Lipinski definition) is 7. The average molecular weight is 460 g/mol. The maximum absolute atomic E-state index is 12.3. The van der Waals surface area contributed by atoms with Gasteiger partial charge in [0.15, 0.2) is 5.11 Å². The van der Waals surface area contributed by atoms with Crippen molar-refractivity contribution >= 4 is 35.1 Å². The van der Waals surface area contributed by atoms with E-state index in [9.17, 15) is 9.59 Å². The van der Waals surface area contributed by atoms with Crippen molar-refractivity contribution in [3.8, 4) is 0 Å². The number of ether oxygens (including phenoxy) is 1. The molecule has 1 aromatic heterocycles. The van der Waals surface area contributed by atoms with E-state index in [-0.39, 0.29) is 19.6 Å². The molecule has 2 rings (SSSR count). The summed E-state index contributed by atoms with van der Waals surface area (Å²) in [4.78, 5) is 31.7. The molecule has 10 heteroatoms. The largest absolute Gasteiger partial charge is 0.481 e. The van der Waals surface area contributed by atoms with Crippen LogP contribution in [0.25, 0.3) is 0 Å². The van der Waals surface area contributed by atoms with Gasteiger partial charge in [0.25, 0.3) is 0 Å². The fraction of sp³-hybridized carbons (Fsp3) is 0.409. The molecule has 2 aromatic rings. The summed E-state index contributed by atoms with van der Waals surface area (Å²) in [6.07, 6.45) is 3.66. The summed E-state index contributed by atoms with van der Waals surface area (Å²) in [5.74, 6) is -0.253. The normalized spacial score (nSPS) is 10.3. The number of anilines is 1. The highest BCUT2D eigenvalue weighted by Gasteiger charge is 2.16. The number of nitrogens with one attached hydrogen (secondary N) is 3. The van der Waals surface area contributed by atoms with E-state index < -0.39 is 11.9 Å². The van der Waals surface area contributed by atoms with E-state index in [0.717, 1.165) is 6.42 Å². The Hall–Kier alpha value is -3.27. The molecule has 0 spiro atoms. The van der Waals surface area contributed by atoms with Crippen molar-refractivity contribution in [3.05, 3.63) is 53.5 Å². The number of nitrogens with zero attached hydrogens (tertiary/aromatic N) is 2. The first-order valence-electron chi connectivity index (χ1n) is 10.5. The van der Waals surface area contributed by atoms with E-state index >= 15 is 0 Å². The van der Waals surface area contributed by atoms with Crippen LogP contribution in [-0.2, 0) is 22.4 Å². The van der Waals surface area contributed by atoms with Crippen LogP contribution in [0.4, 0.5) is 5.82 Å². The molecule has 0 unspecified atom stereocenters. The molecule has 0 radical (unpaired) electrons. The van der Waals surface area contributed by atoms with Crippen LogP contribution in [0.2, 0.25) is 0 Å². The van der Waals surface area contributed by atoms with Crippen molar-refractivity contribution < 1.29 is 19.4 Å². The summed E-state index contributed by atoms with van der Waals surface area (Å²) in [6.45, 7) is 3.41. The van der Waals surface area contributed by atoms with E-state index in [1.54, 1.807) is 6.92 Å². The Morgan fingerprint density at radius 3 is 2.56 bits per heavy atom. The van der Waals surface area contributed by atoms with Gasteiger partial charge in [-0.25, -0.2) is 14.8 Å². The lowest BCUT2D eigenvalue weighted by atomic mass is 10.1. The van der Waals surface area contributed by atoms with Gasteiger partial charge in [-0.1, -0.05) is 30.3 Å². The number of aliphatic carboxylic acids is 1. The van der Waals surface area contributed by atoms with Crippen LogP contribution < -0.4 is 16.0 Å². The smallest absolute Gasteiger partial charge is 0.343 e. The number of benzene rings is 1. The summed E-state index contributed by atoms with van der Waals surface area (Å²) in [7, 11) is 0. The molecule has 0 aliphatic carbocycles. The molecule has 0 aliphatic heterocycles. The van der Waals surface area contributed by atoms with Crippen LogP contribution in [0.15, 0.2) is 36.5 Å². The molecule has 0 fully saturated rings. The zero-order valence-electron chi connectivity index (χ0n) is 18.1. The SMILES string of the molecule is CCOC(=O)c1cnc(CCc2ccccc2)nc1NCCCNC(=S)NCCC(=O)O. The lowest BCUT2D eigenvalue weighted by Crippen LogP contribution is -2.37. The molecule has 9 nitrogen and oxygen atoms in total. The Kier molecular flexibility index (Phi) is 10.9. The lowest BCUT2D eigenvalue weighted by molar-refractivity contribution is -0.136. The minimum atomic E-state index is -0.880. The lowest BCUT2D eigenvalue weighted by Gasteiger charge is -2.13. The molecule has 1 aromatic carbocycles. The van der Waals surface area contributed by atoms with Gasteiger partial charge >= 0.3 is 11.9 Å². The van der Waals surface area contributed by atoms with E-state index in [4.69, 9.17) is 22.1 Å². The third-order valence-electron chi connectivity index (χ3n) is 4.37. The number of carboxylic acids is 1. The predicted octanol–water partition coefficient (Wildman–Crippen LogP) is 2.18. The van der Waals surface area contributed by atoms with E-state index in [2.05, 4.69) is 38.1 Å². The number of thiocarbonyl (C=S) groups is 1. The Morgan fingerprint density at radius 2 is 1.84 bits per heavy atom. The third kappa shape index (κ3) is 9.25. The standard InChI is InChI=1S/C22H29N5O4S/c1-2-31-21(30)17-15-26-18(10-9-16-7-4-3-5-8-16)27-20(17)23-12-6-13-24-22(32)25-14-11-19(28)29/h3-5,7-8,15H,2,6,9-14H2,1H3,(H,28,29)(H,23,26,27)(H2,24,25,32). The number of rotatable bonds is 13. The van der Waals surface area contributed by atoms with Gasteiger partial charge in [0.2, 0.25) is 0 Å². The minimum absolute atomic E-state index is 0.000327.